The summed E-state index contributed by atoms with van der Waals surface area (Å²) >= 11 is 1.82. The Morgan fingerprint density at radius 3 is 2.46 bits per heavy atom. The Morgan fingerprint density at radius 2 is 1.89 bits per heavy atom. The van der Waals surface area contributed by atoms with Gasteiger partial charge in [-0.05, 0) is 38.8 Å². The number of hydrogen-bond donors (Lipinski definition) is 2. The lowest BCUT2D eigenvalue weighted by atomic mass is 10.1. The molecule has 1 aliphatic heterocycles. The molecule has 0 amide bonds. The molecule has 0 aliphatic carbocycles. The van der Waals surface area contributed by atoms with Crippen LogP contribution in [-0.4, -0.2) is 61.9 Å². The molecule has 0 aromatic heterocycles. The molecular weight excluding hydrogens is 507 g/mol. The van der Waals surface area contributed by atoms with Crippen molar-refractivity contribution in [2.24, 2.45) is 4.99 Å². The number of halogens is 1. The Balaban J connectivity index is 0.00000392. The third-order valence-electron chi connectivity index (χ3n) is 4.48. The summed E-state index contributed by atoms with van der Waals surface area (Å²) in [6, 6.07) is 10.6. The van der Waals surface area contributed by atoms with Crippen molar-refractivity contribution in [1.82, 2.24) is 14.9 Å². The van der Waals surface area contributed by atoms with Crippen LogP contribution in [0.25, 0.3) is 0 Å². The number of sulfonamides is 1. The zero-order valence-electron chi connectivity index (χ0n) is 16.9. The Morgan fingerprint density at radius 1 is 1.25 bits per heavy atom. The van der Waals surface area contributed by atoms with Crippen molar-refractivity contribution >= 4 is 51.7 Å². The SMILES string of the molecule is CCNC(=NCC(C)Sc1ccccc1)NC1CCN(S(=O)(=O)CC)CC1.I. The van der Waals surface area contributed by atoms with Gasteiger partial charge in [0.25, 0.3) is 0 Å². The standard InChI is InChI=1S/C19H32N4O2S2.HI/c1-4-20-19(21-15-16(3)26-18-9-7-6-8-10-18)22-17-11-13-23(14-12-17)27(24,25)5-2;/h6-10,16-17H,4-5,11-15H2,1-3H3,(H2,20,21,22);1H. The molecule has 0 bridgehead atoms. The summed E-state index contributed by atoms with van der Waals surface area (Å²) in [5.74, 6) is 0.987. The summed E-state index contributed by atoms with van der Waals surface area (Å²) in [4.78, 5) is 5.98. The number of nitrogens with one attached hydrogen (secondary N) is 2. The second-order valence-electron chi connectivity index (χ2n) is 6.68. The topological polar surface area (TPSA) is 73.8 Å². The lowest BCUT2D eigenvalue weighted by Gasteiger charge is -2.32. The van der Waals surface area contributed by atoms with Gasteiger partial charge in [-0.2, -0.15) is 0 Å². The molecule has 1 saturated heterocycles. The number of hydrogen-bond acceptors (Lipinski definition) is 4. The fourth-order valence-corrected chi connectivity index (χ4v) is 5.02. The number of nitrogens with zero attached hydrogens (tertiary/aromatic N) is 2. The summed E-state index contributed by atoms with van der Waals surface area (Å²) in [5.41, 5.74) is 0. The van der Waals surface area contributed by atoms with E-state index in [1.807, 2.05) is 17.8 Å². The number of piperidine rings is 1. The lowest BCUT2D eigenvalue weighted by Crippen LogP contribution is -2.50. The molecule has 1 fully saturated rings. The zero-order valence-corrected chi connectivity index (χ0v) is 20.9. The number of benzene rings is 1. The molecule has 1 atom stereocenters. The largest absolute Gasteiger partial charge is 0.357 e. The minimum absolute atomic E-state index is 0. The smallest absolute Gasteiger partial charge is 0.213 e. The molecule has 0 spiro atoms. The Hall–Kier alpha value is -0.520. The first-order chi connectivity index (χ1) is 12.9. The number of rotatable bonds is 8. The highest BCUT2D eigenvalue weighted by Crippen LogP contribution is 2.22. The van der Waals surface area contributed by atoms with Gasteiger partial charge in [-0.1, -0.05) is 25.1 Å². The van der Waals surface area contributed by atoms with Gasteiger partial charge >= 0.3 is 0 Å². The molecule has 9 heteroatoms. The summed E-state index contributed by atoms with van der Waals surface area (Å²) in [7, 11) is -3.08. The van der Waals surface area contributed by atoms with E-state index >= 15 is 0 Å². The normalized spacial score (nSPS) is 17.6. The van der Waals surface area contributed by atoms with Crippen molar-refractivity contribution in [2.45, 2.75) is 49.8 Å². The Kier molecular flexibility index (Phi) is 11.8. The highest BCUT2D eigenvalue weighted by atomic mass is 127. The summed E-state index contributed by atoms with van der Waals surface area (Å²) in [6.45, 7) is 8.60. The highest BCUT2D eigenvalue weighted by Gasteiger charge is 2.27. The predicted molar refractivity (Wildman–Crippen MR) is 130 cm³/mol. The predicted octanol–water partition coefficient (Wildman–Crippen LogP) is 3.15. The fraction of sp³-hybridized carbons (Fsp3) is 0.632. The third-order valence-corrected chi connectivity index (χ3v) is 7.46. The van der Waals surface area contributed by atoms with Crippen molar-refractivity contribution in [1.29, 1.82) is 0 Å². The minimum Gasteiger partial charge on any atom is -0.357 e. The maximum atomic E-state index is 12.0. The summed E-state index contributed by atoms with van der Waals surface area (Å²) in [5, 5.41) is 7.15. The summed E-state index contributed by atoms with van der Waals surface area (Å²) < 4.78 is 25.6. The van der Waals surface area contributed by atoms with Crippen LogP contribution >= 0.6 is 35.7 Å². The van der Waals surface area contributed by atoms with Crippen molar-refractivity contribution in [2.75, 3.05) is 31.9 Å². The van der Waals surface area contributed by atoms with Crippen LogP contribution in [-0.2, 0) is 10.0 Å². The van der Waals surface area contributed by atoms with Gasteiger partial charge in [-0.15, -0.1) is 35.7 Å². The molecule has 1 aromatic carbocycles. The van der Waals surface area contributed by atoms with Gasteiger partial charge in [0.1, 0.15) is 0 Å². The maximum absolute atomic E-state index is 12.0. The van der Waals surface area contributed by atoms with E-state index in [0.29, 0.717) is 18.3 Å². The van der Waals surface area contributed by atoms with Crippen LogP contribution in [0.1, 0.15) is 33.6 Å². The van der Waals surface area contributed by atoms with Gasteiger partial charge in [0.15, 0.2) is 5.96 Å². The monoisotopic (exact) mass is 540 g/mol. The van der Waals surface area contributed by atoms with E-state index < -0.39 is 10.0 Å². The molecule has 1 aromatic rings. The first kappa shape index (κ1) is 25.5. The Labute approximate surface area is 191 Å². The fourth-order valence-electron chi connectivity index (χ4n) is 2.96. The lowest BCUT2D eigenvalue weighted by molar-refractivity contribution is 0.306. The van der Waals surface area contributed by atoms with Gasteiger partial charge < -0.3 is 10.6 Å². The van der Waals surface area contributed by atoms with Gasteiger partial charge in [0.05, 0.1) is 12.3 Å². The number of thioether (sulfide) groups is 1. The molecule has 6 nitrogen and oxygen atoms in total. The van der Waals surface area contributed by atoms with E-state index in [-0.39, 0.29) is 35.8 Å². The van der Waals surface area contributed by atoms with Gasteiger partial charge in [0.2, 0.25) is 10.0 Å². The molecule has 0 saturated carbocycles. The Bertz CT molecular complexity index is 693. The van der Waals surface area contributed by atoms with Gasteiger partial charge in [-0.25, -0.2) is 12.7 Å². The average Bonchev–Trinajstić information content (AvgIpc) is 2.67. The van der Waals surface area contributed by atoms with E-state index in [1.165, 1.54) is 4.90 Å². The van der Waals surface area contributed by atoms with Crippen LogP contribution in [0.15, 0.2) is 40.2 Å². The second kappa shape index (κ2) is 12.9. The van der Waals surface area contributed by atoms with Crippen LogP contribution in [0.5, 0.6) is 0 Å². The highest BCUT2D eigenvalue weighted by molar-refractivity contribution is 14.0. The molecule has 2 N–H and O–H groups in total. The zero-order chi connectivity index (χ0) is 19.7. The van der Waals surface area contributed by atoms with Crippen LogP contribution in [0, 0.1) is 0 Å². The molecule has 0 radical (unpaired) electrons. The number of guanidine groups is 1. The molecule has 28 heavy (non-hydrogen) atoms. The molecular formula is C19H33IN4O2S2. The first-order valence-corrected chi connectivity index (χ1v) is 12.2. The quantitative estimate of drug-likeness (QED) is 0.230. The van der Waals surface area contributed by atoms with Crippen molar-refractivity contribution in [3.8, 4) is 0 Å². The van der Waals surface area contributed by atoms with Crippen molar-refractivity contribution in [3.05, 3.63) is 30.3 Å². The van der Waals surface area contributed by atoms with Gasteiger partial charge in [0, 0.05) is 35.8 Å². The minimum atomic E-state index is -3.08. The van der Waals surface area contributed by atoms with Crippen LogP contribution in [0.2, 0.25) is 0 Å². The van der Waals surface area contributed by atoms with Gasteiger partial charge in [-0.3, -0.25) is 4.99 Å². The summed E-state index contributed by atoms with van der Waals surface area (Å²) in [6.07, 6.45) is 1.61. The van der Waals surface area contributed by atoms with E-state index in [4.69, 9.17) is 4.99 Å². The van der Waals surface area contributed by atoms with Crippen LogP contribution < -0.4 is 10.6 Å². The van der Waals surface area contributed by atoms with Crippen LogP contribution in [0.3, 0.4) is 0 Å². The number of aliphatic imine (C=N–C) groups is 1. The average molecular weight is 541 g/mol. The first-order valence-electron chi connectivity index (χ1n) is 9.69. The van der Waals surface area contributed by atoms with E-state index in [0.717, 1.165) is 31.9 Å². The van der Waals surface area contributed by atoms with Crippen molar-refractivity contribution in [3.63, 3.8) is 0 Å². The molecule has 1 aliphatic rings. The third kappa shape index (κ3) is 8.46. The molecule has 1 unspecified atom stereocenters. The molecule has 2 rings (SSSR count). The molecule has 160 valence electrons. The van der Waals surface area contributed by atoms with Crippen molar-refractivity contribution < 1.29 is 8.42 Å². The second-order valence-corrected chi connectivity index (χ2v) is 10.4. The van der Waals surface area contributed by atoms with E-state index in [1.54, 1.807) is 11.2 Å². The van der Waals surface area contributed by atoms with Crippen LogP contribution in [0.4, 0.5) is 0 Å². The molecule has 1 heterocycles. The maximum Gasteiger partial charge on any atom is 0.213 e. The van der Waals surface area contributed by atoms with E-state index in [9.17, 15) is 8.42 Å². The van der Waals surface area contributed by atoms with E-state index in [2.05, 4.69) is 48.7 Å².